The second-order valence-electron chi connectivity index (χ2n) is 7.52. The van der Waals surface area contributed by atoms with Gasteiger partial charge in [0, 0.05) is 24.5 Å². The monoisotopic (exact) mass is 516 g/mol. The number of terminal acetylenes is 1. The molecule has 164 valence electrons. The van der Waals surface area contributed by atoms with Crippen LogP contribution in [0, 0.1) is 18.3 Å². The first kappa shape index (κ1) is 22.4. The van der Waals surface area contributed by atoms with Crippen molar-refractivity contribution in [1.29, 1.82) is 0 Å². The van der Waals surface area contributed by atoms with Gasteiger partial charge < -0.3 is 19.0 Å². The Morgan fingerprint density at radius 1 is 1.28 bits per heavy atom. The summed E-state index contributed by atoms with van der Waals surface area (Å²) in [4.78, 5) is 23.4. The van der Waals surface area contributed by atoms with Crippen molar-refractivity contribution in [3.63, 3.8) is 0 Å². The molecule has 0 aliphatic heterocycles. The molecular weight excluding hydrogens is 500 g/mol. The summed E-state index contributed by atoms with van der Waals surface area (Å²) in [6.07, 6.45) is 6.13. The van der Waals surface area contributed by atoms with Crippen molar-refractivity contribution in [1.82, 2.24) is 0 Å². The normalized spacial score (nSPS) is 19.8. The molecule has 0 unspecified atom stereocenters. The maximum atomic E-state index is 12.4. The van der Waals surface area contributed by atoms with E-state index in [1.54, 1.807) is 36.4 Å². The van der Waals surface area contributed by atoms with Crippen molar-refractivity contribution in [3.05, 3.63) is 62.2 Å². The fourth-order valence-electron chi connectivity index (χ4n) is 3.63. The van der Waals surface area contributed by atoms with Crippen molar-refractivity contribution in [2.24, 2.45) is 5.92 Å². The molecule has 0 spiro atoms. The molecule has 8 heteroatoms. The SMILES string of the molecule is C#C[C@]1(OCCOc2ccc(-c3cc(=O)c4cccc(Cl)c4o3)cc2Br)C[C@@H](C(=O)O)C1. The van der Waals surface area contributed by atoms with E-state index in [9.17, 15) is 9.59 Å². The third-order valence-corrected chi connectivity index (χ3v) is 6.32. The number of hydrogen-bond acceptors (Lipinski definition) is 5. The summed E-state index contributed by atoms with van der Waals surface area (Å²) < 4.78 is 18.0. The fourth-order valence-corrected chi connectivity index (χ4v) is 4.34. The Balaban J connectivity index is 1.42. The van der Waals surface area contributed by atoms with E-state index in [4.69, 9.17) is 37.0 Å². The number of rotatable bonds is 7. The molecule has 0 atom stereocenters. The molecule has 0 saturated heterocycles. The van der Waals surface area contributed by atoms with Crippen molar-refractivity contribution >= 4 is 44.5 Å². The minimum atomic E-state index is -0.857. The molecule has 0 radical (unpaired) electrons. The molecule has 1 N–H and O–H groups in total. The van der Waals surface area contributed by atoms with Gasteiger partial charge in [0.1, 0.15) is 23.7 Å². The van der Waals surface area contributed by atoms with Gasteiger partial charge in [0.15, 0.2) is 11.0 Å². The third-order valence-electron chi connectivity index (χ3n) is 5.41. The van der Waals surface area contributed by atoms with E-state index < -0.39 is 17.5 Å². The molecule has 1 fully saturated rings. The molecule has 4 rings (SSSR count). The lowest BCUT2D eigenvalue weighted by Gasteiger charge is -2.41. The van der Waals surface area contributed by atoms with E-state index in [2.05, 4.69) is 21.9 Å². The highest BCUT2D eigenvalue weighted by Gasteiger charge is 2.47. The van der Waals surface area contributed by atoms with Gasteiger partial charge in [-0.15, -0.1) is 6.42 Å². The van der Waals surface area contributed by atoms with E-state index in [0.717, 1.165) is 0 Å². The predicted molar refractivity (Wildman–Crippen MR) is 124 cm³/mol. The maximum Gasteiger partial charge on any atom is 0.306 e. The standard InChI is InChI=1S/C24H18BrClO6/c1-2-24(12-15(13-24)23(28)29)31-9-8-30-20-7-6-14(10-17(20)25)21-11-19(27)16-4-3-5-18(26)22(16)32-21/h1,3-7,10-11,15H,8-9,12-13H2,(H,28,29)/t15-,24+. The van der Waals surface area contributed by atoms with Crippen LogP contribution >= 0.6 is 27.5 Å². The van der Waals surface area contributed by atoms with Crippen LogP contribution in [-0.2, 0) is 9.53 Å². The second kappa shape index (κ2) is 8.99. The average Bonchev–Trinajstić information content (AvgIpc) is 2.74. The first-order valence-electron chi connectivity index (χ1n) is 9.81. The average molecular weight is 518 g/mol. The Bertz CT molecular complexity index is 1290. The largest absolute Gasteiger partial charge is 0.490 e. The van der Waals surface area contributed by atoms with Gasteiger partial charge in [-0.2, -0.15) is 0 Å². The Labute approximate surface area is 197 Å². The summed E-state index contributed by atoms with van der Waals surface area (Å²) in [5.74, 6) is 2.21. The number of ether oxygens (including phenoxy) is 2. The van der Waals surface area contributed by atoms with Crippen LogP contribution in [-0.4, -0.2) is 29.9 Å². The zero-order chi connectivity index (χ0) is 22.9. The number of carboxylic acids is 1. The van der Waals surface area contributed by atoms with Gasteiger partial charge in [-0.25, -0.2) is 0 Å². The highest BCUT2D eigenvalue weighted by Crippen LogP contribution is 2.40. The quantitative estimate of drug-likeness (QED) is 0.345. The molecule has 1 saturated carbocycles. The van der Waals surface area contributed by atoms with E-state index in [0.29, 0.717) is 50.4 Å². The van der Waals surface area contributed by atoms with Crippen LogP contribution in [0.3, 0.4) is 0 Å². The summed E-state index contributed by atoms with van der Waals surface area (Å²) in [7, 11) is 0. The minimum absolute atomic E-state index is 0.180. The third kappa shape index (κ3) is 4.40. The molecule has 1 aromatic heterocycles. The summed E-state index contributed by atoms with van der Waals surface area (Å²) >= 11 is 9.65. The highest BCUT2D eigenvalue weighted by molar-refractivity contribution is 9.10. The molecule has 0 bridgehead atoms. The smallest absolute Gasteiger partial charge is 0.306 e. The minimum Gasteiger partial charge on any atom is -0.490 e. The van der Waals surface area contributed by atoms with Crippen molar-refractivity contribution < 1.29 is 23.8 Å². The molecule has 6 nitrogen and oxygen atoms in total. The Hall–Kier alpha value is -2.79. The van der Waals surface area contributed by atoms with Gasteiger partial charge in [0.2, 0.25) is 0 Å². The molecule has 1 heterocycles. The second-order valence-corrected chi connectivity index (χ2v) is 8.78. The lowest BCUT2D eigenvalue weighted by Crippen LogP contribution is -2.48. The highest BCUT2D eigenvalue weighted by atomic mass is 79.9. The lowest BCUT2D eigenvalue weighted by molar-refractivity contribution is -0.158. The molecule has 1 aliphatic rings. The number of aliphatic carboxylic acids is 1. The van der Waals surface area contributed by atoms with Gasteiger partial charge in [-0.1, -0.05) is 23.6 Å². The van der Waals surface area contributed by atoms with Gasteiger partial charge in [-0.05, 0) is 46.3 Å². The van der Waals surface area contributed by atoms with Crippen LogP contribution in [0.15, 0.2) is 56.1 Å². The Morgan fingerprint density at radius 3 is 2.75 bits per heavy atom. The molecule has 1 aliphatic carbocycles. The van der Waals surface area contributed by atoms with Gasteiger partial charge >= 0.3 is 5.97 Å². The number of para-hydroxylation sites is 1. The Kier molecular flexibility index (Phi) is 6.29. The van der Waals surface area contributed by atoms with Crippen LogP contribution in [0.4, 0.5) is 0 Å². The Morgan fingerprint density at radius 2 is 2.06 bits per heavy atom. The number of fused-ring (bicyclic) bond motifs is 1. The van der Waals surface area contributed by atoms with Crippen LogP contribution in [0.5, 0.6) is 5.75 Å². The number of benzene rings is 2. The van der Waals surface area contributed by atoms with Crippen molar-refractivity contribution in [2.45, 2.75) is 18.4 Å². The van der Waals surface area contributed by atoms with Crippen LogP contribution < -0.4 is 10.2 Å². The molecule has 0 amide bonds. The maximum absolute atomic E-state index is 12.4. The number of halogens is 2. The molecular formula is C24H18BrClO6. The van der Waals surface area contributed by atoms with Crippen LogP contribution in [0.2, 0.25) is 5.02 Å². The topological polar surface area (TPSA) is 86.0 Å². The summed E-state index contributed by atoms with van der Waals surface area (Å²) in [6.45, 7) is 0.461. The number of hydrogen-bond donors (Lipinski definition) is 1. The molecule has 32 heavy (non-hydrogen) atoms. The summed E-state index contributed by atoms with van der Waals surface area (Å²) in [5.41, 5.74) is 0.0113. The first-order chi connectivity index (χ1) is 15.3. The van der Waals surface area contributed by atoms with Crippen molar-refractivity contribution in [3.8, 4) is 29.4 Å². The molecule has 3 aromatic rings. The lowest BCUT2D eigenvalue weighted by atomic mass is 9.71. The zero-order valence-electron chi connectivity index (χ0n) is 16.8. The first-order valence-corrected chi connectivity index (χ1v) is 11.0. The van der Waals surface area contributed by atoms with Crippen molar-refractivity contribution in [2.75, 3.05) is 13.2 Å². The van der Waals surface area contributed by atoms with Crippen LogP contribution in [0.1, 0.15) is 12.8 Å². The van der Waals surface area contributed by atoms with Gasteiger partial charge in [0.25, 0.3) is 0 Å². The summed E-state index contributed by atoms with van der Waals surface area (Å²) in [6, 6.07) is 11.8. The number of carboxylic acid groups (broad SMARTS) is 1. The van der Waals surface area contributed by atoms with E-state index >= 15 is 0 Å². The zero-order valence-corrected chi connectivity index (χ0v) is 19.1. The summed E-state index contributed by atoms with van der Waals surface area (Å²) in [5, 5.41) is 9.80. The van der Waals surface area contributed by atoms with E-state index in [1.807, 2.05) is 0 Å². The van der Waals surface area contributed by atoms with Gasteiger partial charge in [-0.3, -0.25) is 9.59 Å². The molecule has 2 aromatic carbocycles. The number of carbonyl (C=O) groups is 1. The van der Waals surface area contributed by atoms with E-state index in [1.165, 1.54) is 6.07 Å². The van der Waals surface area contributed by atoms with Gasteiger partial charge in [0.05, 0.1) is 27.4 Å². The van der Waals surface area contributed by atoms with E-state index in [-0.39, 0.29) is 18.6 Å². The van der Waals surface area contributed by atoms with Crippen LogP contribution in [0.25, 0.3) is 22.3 Å². The predicted octanol–water partition coefficient (Wildman–Crippen LogP) is 5.14. The fraction of sp³-hybridized carbons (Fsp3) is 0.250.